The van der Waals surface area contributed by atoms with Crippen LogP contribution in [0.3, 0.4) is 0 Å². The lowest BCUT2D eigenvalue weighted by Gasteiger charge is -2.15. The Hall–Kier alpha value is -3.02. The molecule has 0 saturated carbocycles. The fourth-order valence-electron chi connectivity index (χ4n) is 3.53. The minimum absolute atomic E-state index is 0.162. The molecule has 2 N–H and O–H groups in total. The molecule has 0 saturated heterocycles. The lowest BCUT2D eigenvalue weighted by molar-refractivity contribution is -0.113. The first-order chi connectivity index (χ1) is 17.3. The highest BCUT2D eigenvalue weighted by Crippen LogP contribution is 2.27. The SMILES string of the molecule is CCn1c(SCC(=O)Nc2nc(-c3ccc(Br)cc3)cs2)nnc1[C@@H](C)NC(=O)c1cccc(C)c1. The Morgan fingerprint density at radius 1 is 1.17 bits per heavy atom. The first kappa shape index (κ1) is 26.1. The molecule has 4 rings (SSSR count). The number of hydrogen-bond donors (Lipinski definition) is 2. The van der Waals surface area contributed by atoms with Crippen molar-refractivity contribution in [1.29, 1.82) is 0 Å². The molecule has 0 unspecified atom stereocenters. The van der Waals surface area contributed by atoms with Crippen LogP contribution in [0.2, 0.25) is 0 Å². The predicted octanol–water partition coefficient (Wildman–Crippen LogP) is 5.71. The second-order valence-electron chi connectivity index (χ2n) is 8.03. The number of amides is 2. The Bertz CT molecular complexity index is 1370. The largest absolute Gasteiger partial charge is 0.342 e. The van der Waals surface area contributed by atoms with E-state index in [9.17, 15) is 9.59 Å². The van der Waals surface area contributed by atoms with E-state index in [1.54, 1.807) is 6.07 Å². The number of nitrogens with one attached hydrogen (secondary N) is 2. The van der Waals surface area contributed by atoms with Crippen LogP contribution < -0.4 is 10.6 Å². The van der Waals surface area contributed by atoms with Crippen LogP contribution in [-0.4, -0.2) is 37.3 Å². The number of carbonyl (C=O) groups excluding carboxylic acids is 2. The topological polar surface area (TPSA) is 102 Å². The fourth-order valence-corrected chi connectivity index (χ4v) is 5.33. The maximum atomic E-state index is 12.6. The summed E-state index contributed by atoms with van der Waals surface area (Å²) in [5.74, 6) is 0.455. The molecule has 36 heavy (non-hydrogen) atoms. The zero-order valence-electron chi connectivity index (χ0n) is 20.0. The number of rotatable bonds is 9. The van der Waals surface area contributed by atoms with Gasteiger partial charge in [-0.25, -0.2) is 4.98 Å². The number of thiazole rings is 1. The van der Waals surface area contributed by atoms with Gasteiger partial charge in [0.25, 0.3) is 5.91 Å². The molecule has 1 atom stereocenters. The van der Waals surface area contributed by atoms with Gasteiger partial charge in [0, 0.05) is 27.5 Å². The van der Waals surface area contributed by atoms with Gasteiger partial charge in [-0.15, -0.1) is 21.5 Å². The quantitative estimate of drug-likeness (QED) is 0.244. The van der Waals surface area contributed by atoms with E-state index in [0.29, 0.717) is 28.2 Å². The molecule has 2 aromatic carbocycles. The van der Waals surface area contributed by atoms with Crippen LogP contribution in [0.1, 0.15) is 41.6 Å². The summed E-state index contributed by atoms with van der Waals surface area (Å²) in [6.07, 6.45) is 0. The summed E-state index contributed by atoms with van der Waals surface area (Å²) >= 11 is 6.10. The van der Waals surface area contributed by atoms with Gasteiger partial charge in [-0.3, -0.25) is 9.59 Å². The summed E-state index contributed by atoms with van der Waals surface area (Å²) in [7, 11) is 0. The summed E-state index contributed by atoms with van der Waals surface area (Å²) in [6.45, 7) is 6.41. The van der Waals surface area contributed by atoms with Crippen molar-refractivity contribution in [3.8, 4) is 11.3 Å². The highest BCUT2D eigenvalue weighted by atomic mass is 79.9. The van der Waals surface area contributed by atoms with Gasteiger partial charge in [-0.2, -0.15) is 0 Å². The minimum atomic E-state index is -0.346. The van der Waals surface area contributed by atoms with Crippen LogP contribution >= 0.6 is 39.0 Å². The van der Waals surface area contributed by atoms with Crippen LogP contribution in [0, 0.1) is 6.92 Å². The van der Waals surface area contributed by atoms with Gasteiger partial charge in [0.2, 0.25) is 5.91 Å². The van der Waals surface area contributed by atoms with Crippen LogP contribution in [0.15, 0.2) is 63.5 Å². The molecule has 0 aliphatic heterocycles. The normalized spacial score (nSPS) is 11.8. The molecule has 11 heteroatoms. The number of aromatic nitrogens is 4. The first-order valence-electron chi connectivity index (χ1n) is 11.3. The predicted molar refractivity (Wildman–Crippen MR) is 147 cm³/mol. The fraction of sp³-hybridized carbons (Fsp3) is 0.240. The molecule has 2 aromatic heterocycles. The molecule has 4 aromatic rings. The maximum absolute atomic E-state index is 12.6. The number of hydrogen-bond acceptors (Lipinski definition) is 7. The van der Waals surface area contributed by atoms with E-state index in [1.165, 1.54) is 23.1 Å². The minimum Gasteiger partial charge on any atom is -0.342 e. The third kappa shape index (κ3) is 6.40. The van der Waals surface area contributed by atoms with Crippen LogP contribution in [0.5, 0.6) is 0 Å². The monoisotopic (exact) mass is 584 g/mol. The zero-order valence-corrected chi connectivity index (χ0v) is 23.2. The highest BCUT2D eigenvalue weighted by molar-refractivity contribution is 9.10. The van der Waals surface area contributed by atoms with Crippen molar-refractivity contribution in [2.45, 2.75) is 38.5 Å². The van der Waals surface area contributed by atoms with Gasteiger partial charge in [-0.1, -0.05) is 57.5 Å². The van der Waals surface area contributed by atoms with E-state index in [1.807, 2.05) is 73.2 Å². The van der Waals surface area contributed by atoms with Gasteiger partial charge >= 0.3 is 0 Å². The van der Waals surface area contributed by atoms with E-state index in [-0.39, 0.29) is 23.6 Å². The van der Waals surface area contributed by atoms with Gasteiger partial charge in [0.1, 0.15) is 0 Å². The molecule has 0 radical (unpaired) electrons. The number of thioether (sulfide) groups is 1. The number of benzene rings is 2. The van der Waals surface area contributed by atoms with Crippen molar-refractivity contribution in [3.05, 3.63) is 75.3 Å². The molecule has 2 amide bonds. The van der Waals surface area contributed by atoms with Gasteiger partial charge < -0.3 is 15.2 Å². The average Bonchev–Trinajstić information content (AvgIpc) is 3.50. The molecular formula is C25H25BrN6O2S2. The second-order valence-corrected chi connectivity index (χ2v) is 10.7. The van der Waals surface area contributed by atoms with Crippen LogP contribution in [-0.2, 0) is 11.3 Å². The molecule has 186 valence electrons. The third-order valence-electron chi connectivity index (χ3n) is 5.30. The Kier molecular flexibility index (Phi) is 8.55. The molecular weight excluding hydrogens is 560 g/mol. The third-order valence-corrected chi connectivity index (χ3v) is 7.55. The number of carbonyl (C=O) groups is 2. The molecule has 0 aliphatic rings. The van der Waals surface area contributed by atoms with Crippen LogP contribution in [0.4, 0.5) is 5.13 Å². The number of aryl methyl sites for hydroxylation is 1. The Morgan fingerprint density at radius 2 is 1.94 bits per heavy atom. The van der Waals surface area contributed by atoms with Crippen molar-refractivity contribution in [2.24, 2.45) is 0 Å². The maximum Gasteiger partial charge on any atom is 0.251 e. The van der Waals surface area contributed by atoms with E-state index >= 15 is 0 Å². The Labute approximate surface area is 226 Å². The molecule has 0 spiro atoms. The van der Waals surface area contributed by atoms with E-state index in [0.717, 1.165) is 21.3 Å². The molecule has 0 bridgehead atoms. The molecule has 8 nitrogen and oxygen atoms in total. The Morgan fingerprint density at radius 3 is 2.67 bits per heavy atom. The van der Waals surface area contributed by atoms with Crippen molar-refractivity contribution in [3.63, 3.8) is 0 Å². The summed E-state index contributed by atoms with van der Waals surface area (Å²) in [5.41, 5.74) is 3.41. The molecule has 2 heterocycles. The van der Waals surface area contributed by atoms with Crippen molar-refractivity contribution in [2.75, 3.05) is 11.1 Å². The summed E-state index contributed by atoms with van der Waals surface area (Å²) in [6, 6.07) is 14.9. The highest BCUT2D eigenvalue weighted by Gasteiger charge is 2.20. The first-order valence-corrected chi connectivity index (χ1v) is 13.9. The summed E-state index contributed by atoms with van der Waals surface area (Å²) in [4.78, 5) is 29.7. The average molecular weight is 586 g/mol. The van der Waals surface area contributed by atoms with Crippen LogP contribution in [0.25, 0.3) is 11.3 Å². The van der Waals surface area contributed by atoms with E-state index in [2.05, 4.69) is 41.7 Å². The van der Waals surface area contributed by atoms with Crippen molar-refractivity contribution in [1.82, 2.24) is 25.1 Å². The summed E-state index contributed by atoms with van der Waals surface area (Å²) < 4.78 is 2.91. The standard InChI is InChI=1S/C25H25BrN6O2S2/c1-4-32-22(16(3)27-23(34)18-7-5-6-15(2)12-18)30-31-25(32)36-14-21(33)29-24-28-20(13-35-24)17-8-10-19(26)11-9-17/h5-13,16H,4,14H2,1-3H3,(H,27,34)(H,28,29,33)/t16-/m1/s1. The van der Waals surface area contributed by atoms with E-state index in [4.69, 9.17) is 0 Å². The molecule has 0 aliphatic carbocycles. The van der Waals surface area contributed by atoms with Crippen molar-refractivity contribution >= 4 is 56.0 Å². The lowest BCUT2D eigenvalue weighted by Crippen LogP contribution is -2.28. The zero-order chi connectivity index (χ0) is 25.7. The summed E-state index contributed by atoms with van der Waals surface area (Å²) in [5, 5.41) is 17.5. The Balaban J connectivity index is 1.35. The lowest BCUT2D eigenvalue weighted by atomic mass is 10.1. The number of anilines is 1. The van der Waals surface area contributed by atoms with Gasteiger partial charge in [-0.05, 0) is 45.0 Å². The second kappa shape index (κ2) is 11.8. The van der Waals surface area contributed by atoms with Gasteiger partial charge in [0.15, 0.2) is 16.1 Å². The molecule has 0 fully saturated rings. The number of halogens is 1. The van der Waals surface area contributed by atoms with E-state index < -0.39 is 0 Å². The number of nitrogens with zero attached hydrogens (tertiary/aromatic N) is 4. The smallest absolute Gasteiger partial charge is 0.251 e. The van der Waals surface area contributed by atoms with Crippen molar-refractivity contribution < 1.29 is 9.59 Å². The van der Waals surface area contributed by atoms with Gasteiger partial charge in [0.05, 0.1) is 17.5 Å².